The molecule has 0 aromatic heterocycles. The number of rotatable bonds is 4. The van der Waals surface area contributed by atoms with Gasteiger partial charge in [-0.3, -0.25) is 0 Å². The van der Waals surface area contributed by atoms with Gasteiger partial charge in [0.15, 0.2) is 6.19 Å². The minimum absolute atomic E-state index is 0.179. The first-order chi connectivity index (χ1) is 10.3. The Morgan fingerprint density at radius 1 is 1.05 bits per heavy atom. The normalized spacial score (nSPS) is 17.7. The number of nitrogens with zero attached hydrogens (tertiary/aromatic N) is 2. The fourth-order valence-electron chi connectivity index (χ4n) is 2.59. The molecule has 3 nitrogen and oxygen atoms in total. The lowest BCUT2D eigenvalue weighted by molar-refractivity contribution is 0.0498. The van der Waals surface area contributed by atoms with Crippen LogP contribution < -0.4 is 0 Å². The van der Waals surface area contributed by atoms with Gasteiger partial charge in [-0.15, -0.1) is 0 Å². The van der Waals surface area contributed by atoms with Crippen molar-refractivity contribution in [3.8, 4) is 17.3 Å². The van der Waals surface area contributed by atoms with Gasteiger partial charge in [0.25, 0.3) is 0 Å². The molecule has 1 aliphatic rings. The topological polar surface area (TPSA) is 36.3 Å². The van der Waals surface area contributed by atoms with Crippen molar-refractivity contribution >= 4 is 0 Å². The van der Waals surface area contributed by atoms with Crippen molar-refractivity contribution in [1.82, 2.24) is 4.90 Å². The molecule has 1 aliphatic heterocycles. The second-order valence-electron chi connectivity index (χ2n) is 5.33. The van der Waals surface area contributed by atoms with Crippen molar-refractivity contribution in [3.63, 3.8) is 0 Å². The van der Waals surface area contributed by atoms with E-state index >= 15 is 0 Å². The smallest absolute Gasteiger partial charge is 0.179 e. The van der Waals surface area contributed by atoms with Crippen LogP contribution >= 0.6 is 0 Å². The molecular formula is C18H18N2O. The van der Waals surface area contributed by atoms with Gasteiger partial charge in [-0.05, 0) is 23.1 Å². The molecule has 1 atom stereocenters. The number of likely N-dealkylation sites (tertiary alicyclic amines) is 1. The quantitative estimate of drug-likeness (QED) is 0.804. The summed E-state index contributed by atoms with van der Waals surface area (Å²) in [7, 11) is 0. The highest BCUT2D eigenvalue weighted by molar-refractivity contribution is 5.63. The van der Waals surface area contributed by atoms with Crippen molar-refractivity contribution in [2.75, 3.05) is 13.1 Å². The van der Waals surface area contributed by atoms with E-state index in [1.807, 2.05) is 18.2 Å². The lowest BCUT2D eigenvalue weighted by Crippen LogP contribution is -2.18. The van der Waals surface area contributed by atoms with Crippen molar-refractivity contribution in [3.05, 3.63) is 60.2 Å². The fourth-order valence-corrected chi connectivity index (χ4v) is 2.59. The molecule has 1 saturated heterocycles. The number of benzene rings is 2. The first kappa shape index (κ1) is 13.7. The summed E-state index contributed by atoms with van der Waals surface area (Å²) < 4.78 is 5.87. The van der Waals surface area contributed by atoms with E-state index in [1.54, 1.807) is 4.90 Å². The predicted molar refractivity (Wildman–Crippen MR) is 82.3 cm³/mol. The van der Waals surface area contributed by atoms with Crippen LogP contribution in [0.2, 0.25) is 0 Å². The molecule has 1 fully saturated rings. The molecule has 2 aromatic carbocycles. The molecule has 106 valence electrons. The van der Waals surface area contributed by atoms with E-state index in [0.29, 0.717) is 6.61 Å². The van der Waals surface area contributed by atoms with Gasteiger partial charge in [-0.25, -0.2) is 0 Å². The number of hydrogen-bond acceptors (Lipinski definition) is 3. The summed E-state index contributed by atoms with van der Waals surface area (Å²) in [4.78, 5) is 1.75. The van der Waals surface area contributed by atoms with E-state index in [2.05, 4.69) is 42.6 Å². The number of hydrogen-bond donors (Lipinski definition) is 0. The molecule has 0 radical (unpaired) electrons. The summed E-state index contributed by atoms with van der Waals surface area (Å²) >= 11 is 0. The maximum atomic E-state index is 8.83. The summed E-state index contributed by atoms with van der Waals surface area (Å²) in [5.74, 6) is 0. The Kier molecular flexibility index (Phi) is 4.18. The molecule has 3 rings (SSSR count). The van der Waals surface area contributed by atoms with Crippen molar-refractivity contribution in [2.45, 2.75) is 19.1 Å². The zero-order chi connectivity index (χ0) is 14.5. The lowest BCUT2D eigenvalue weighted by atomic mass is 10.0. The van der Waals surface area contributed by atoms with E-state index in [-0.39, 0.29) is 6.10 Å². The van der Waals surface area contributed by atoms with Gasteiger partial charge < -0.3 is 9.64 Å². The SMILES string of the molecule is N#CN1CC[C@H](OCc2ccc(-c3ccccc3)cc2)C1. The average Bonchev–Trinajstić information content (AvgIpc) is 3.02. The van der Waals surface area contributed by atoms with Crippen LogP contribution in [-0.4, -0.2) is 24.1 Å². The third-order valence-electron chi connectivity index (χ3n) is 3.83. The summed E-state index contributed by atoms with van der Waals surface area (Å²) in [5, 5.41) is 8.83. The second kappa shape index (κ2) is 6.43. The van der Waals surface area contributed by atoms with Gasteiger partial charge in [0.1, 0.15) is 0 Å². The third-order valence-corrected chi connectivity index (χ3v) is 3.83. The Morgan fingerprint density at radius 2 is 1.76 bits per heavy atom. The van der Waals surface area contributed by atoms with Gasteiger partial charge in [0.05, 0.1) is 19.3 Å². The van der Waals surface area contributed by atoms with Gasteiger partial charge in [0.2, 0.25) is 0 Å². The number of ether oxygens (including phenoxy) is 1. The Balaban J connectivity index is 1.57. The average molecular weight is 278 g/mol. The Bertz CT molecular complexity index is 616. The Hall–Kier alpha value is -2.31. The summed E-state index contributed by atoms with van der Waals surface area (Å²) in [6.07, 6.45) is 3.29. The molecule has 0 amide bonds. The lowest BCUT2D eigenvalue weighted by Gasteiger charge is -2.12. The first-order valence-corrected chi connectivity index (χ1v) is 7.26. The maximum Gasteiger partial charge on any atom is 0.179 e. The highest BCUT2D eigenvalue weighted by atomic mass is 16.5. The zero-order valence-electron chi connectivity index (χ0n) is 11.9. The fraction of sp³-hybridized carbons (Fsp3) is 0.278. The van der Waals surface area contributed by atoms with Crippen LogP contribution in [0.15, 0.2) is 54.6 Å². The molecule has 1 heterocycles. The highest BCUT2D eigenvalue weighted by Crippen LogP contribution is 2.20. The maximum absolute atomic E-state index is 8.83. The molecule has 0 aliphatic carbocycles. The first-order valence-electron chi connectivity index (χ1n) is 7.26. The van der Waals surface area contributed by atoms with Crippen LogP contribution in [0.5, 0.6) is 0 Å². The molecule has 0 spiro atoms. The van der Waals surface area contributed by atoms with Crippen molar-refractivity contribution < 1.29 is 4.74 Å². The zero-order valence-corrected chi connectivity index (χ0v) is 11.9. The third kappa shape index (κ3) is 3.42. The minimum atomic E-state index is 0.179. The summed E-state index contributed by atoms with van der Waals surface area (Å²) in [6.45, 7) is 2.14. The standard InChI is InChI=1S/C18H18N2O/c19-14-20-11-10-18(12-20)21-13-15-6-8-17(9-7-15)16-4-2-1-3-5-16/h1-9,18H,10-13H2/t18-/m0/s1. The largest absolute Gasteiger partial charge is 0.372 e. The second-order valence-corrected chi connectivity index (χ2v) is 5.33. The van der Waals surface area contributed by atoms with Gasteiger partial charge >= 0.3 is 0 Å². The predicted octanol–water partition coefficient (Wildman–Crippen LogP) is 3.43. The van der Waals surface area contributed by atoms with E-state index in [9.17, 15) is 0 Å². The number of nitriles is 1. The van der Waals surface area contributed by atoms with Crippen LogP contribution in [0.25, 0.3) is 11.1 Å². The van der Waals surface area contributed by atoms with Gasteiger partial charge in [-0.1, -0.05) is 54.6 Å². The Labute approximate surface area is 125 Å². The van der Waals surface area contributed by atoms with Crippen LogP contribution in [0.1, 0.15) is 12.0 Å². The van der Waals surface area contributed by atoms with Crippen LogP contribution in [0, 0.1) is 11.5 Å². The van der Waals surface area contributed by atoms with Crippen molar-refractivity contribution in [2.24, 2.45) is 0 Å². The molecular weight excluding hydrogens is 260 g/mol. The molecule has 21 heavy (non-hydrogen) atoms. The van der Waals surface area contributed by atoms with Crippen LogP contribution in [-0.2, 0) is 11.3 Å². The van der Waals surface area contributed by atoms with Crippen LogP contribution in [0.3, 0.4) is 0 Å². The molecule has 0 unspecified atom stereocenters. The van der Waals surface area contributed by atoms with E-state index in [0.717, 1.165) is 19.5 Å². The molecule has 2 aromatic rings. The monoisotopic (exact) mass is 278 g/mol. The molecule has 0 bridgehead atoms. The summed E-state index contributed by atoms with van der Waals surface area (Å²) in [5.41, 5.74) is 3.62. The minimum Gasteiger partial charge on any atom is -0.372 e. The van der Waals surface area contributed by atoms with Crippen molar-refractivity contribution in [1.29, 1.82) is 5.26 Å². The van der Waals surface area contributed by atoms with Gasteiger partial charge in [-0.2, -0.15) is 5.26 Å². The molecule has 0 saturated carbocycles. The van der Waals surface area contributed by atoms with Gasteiger partial charge in [0, 0.05) is 6.54 Å². The van der Waals surface area contributed by atoms with Crippen LogP contribution in [0.4, 0.5) is 0 Å². The highest BCUT2D eigenvalue weighted by Gasteiger charge is 2.21. The Morgan fingerprint density at radius 3 is 2.43 bits per heavy atom. The van der Waals surface area contributed by atoms with E-state index in [1.165, 1.54) is 16.7 Å². The summed E-state index contributed by atoms with van der Waals surface area (Å²) in [6, 6.07) is 18.8. The van der Waals surface area contributed by atoms with E-state index in [4.69, 9.17) is 10.00 Å². The molecule has 0 N–H and O–H groups in total. The van der Waals surface area contributed by atoms with E-state index < -0.39 is 0 Å². The molecule has 3 heteroatoms.